The van der Waals surface area contributed by atoms with Gasteiger partial charge in [-0.25, -0.2) is 4.79 Å². The number of halogens is 1. The van der Waals surface area contributed by atoms with Crippen molar-refractivity contribution in [2.24, 2.45) is 0 Å². The molecule has 7 heteroatoms. The van der Waals surface area contributed by atoms with Crippen molar-refractivity contribution in [3.63, 3.8) is 0 Å². The summed E-state index contributed by atoms with van der Waals surface area (Å²) >= 11 is 5.71. The molecular formula is C14H21ClN4O2. The fraction of sp³-hybridized carbons (Fsp3) is 0.643. The molecule has 1 amide bonds. The number of carbonyl (C=O) groups excluding carboxylic acids is 1. The van der Waals surface area contributed by atoms with Gasteiger partial charge < -0.3 is 10.1 Å². The molecule has 0 aromatic carbocycles. The van der Waals surface area contributed by atoms with Gasteiger partial charge in [-0.05, 0) is 39.3 Å². The van der Waals surface area contributed by atoms with Crippen molar-refractivity contribution < 1.29 is 9.53 Å². The molecule has 1 aromatic heterocycles. The van der Waals surface area contributed by atoms with Crippen LogP contribution in [0.25, 0.3) is 0 Å². The monoisotopic (exact) mass is 312 g/mol. The van der Waals surface area contributed by atoms with E-state index < -0.39 is 5.60 Å². The Morgan fingerprint density at radius 2 is 2.24 bits per heavy atom. The summed E-state index contributed by atoms with van der Waals surface area (Å²) in [6, 6.07) is 3.71. The Morgan fingerprint density at radius 3 is 2.86 bits per heavy atom. The van der Waals surface area contributed by atoms with Crippen molar-refractivity contribution in [3.8, 4) is 0 Å². The maximum Gasteiger partial charge on any atom is 0.407 e. The maximum atomic E-state index is 11.7. The van der Waals surface area contributed by atoms with Gasteiger partial charge in [0.2, 0.25) is 0 Å². The van der Waals surface area contributed by atoms with Gasteiger partial charge in [0.25, 0.3) is 0 Å². The summed E-state index contributed by atoms with van der Waals surface area (Å²) < 4.78 is 5.26. The Bertz CT molecular complexity index is 487. The average molecular weight is 313 g/mol. The van der Waals surface area contributed by atoms with Crippen LogP contribution in [0, 0.1) is 0 Å². The molecule has 2 heterocycles. The van der Waals surface area contributed by atoms with E-state index in [1.54, 1.807) is 6.07 Å². The van der Waals surface area contributed by atoms with E-state index in [1.807, 2.05) is 26.8 Å². The third kappa shape index (κ3) is 5.47. The normalized spacial score (nSPS) is 19.5. The molecular weight excluding hydrogens is 292 g/mol. The lowest BCUT2D eigenvalue weighted by molar-refractivity contribution is 0.0505. The van der Waals surface area contributed by atoms with Gasteiger partial charge in [-0.3, -0.25) is 4.90 Å². The number of likely N-dealkylation sites (tertiary alicyclic amines) is 1. The summed E-state index contributed by atoms with van der Waals surface area (Å²) in [7, 11) is 0. The van der Waals surface area contributed by atoms with Crippen LogP contribution < -0.4 is 5.32 Å². The molecule has 1 aromatic rings. The number of rotatable bonds is 3. The van der Waals surface area contributed by atoms with Crippen molar-refractivity contribution in [3.05, 3.63) is 23.0 Å². The molecule has 0 spiro atoms. The number of alkyl carbamates (subject to hydrolysis) is 1. The van der Waals surface area contributed by atoms with Gasteiger partial charge in [-0.2, -0.15) is 5.10 Å². The Hall–Kier alpha value is -1.40. The molecule has 21 heavy (non-hydrogen) atoms. The van der Waals surface area contributed by atoms with E-state index >= 15 is 0 Å². The predicted octanol–water partition coefficient (Wildman–Crippen LogP) is 2.23. The van der Waals surface area contributed by atoms with E-state index in [0.29, 0.717) is 11.7 Å². The largest absolute Gasteiger partial charge is 0.444 e. The first kappa shape index (κ1) is 16.0. The average Bonchev–Trinajstić information content (AvgIpc) is 2.77. The third-order valence-electron chi connectivity index (χ3n) is 3.07. The number of hydrogen-bond acceptors (Lipinski definition) is 5. The van der Waals surface area contributed by atoms with E-state index in [-0.39, 0.29) is 12.1 Å². The van der Waals surface area contributed by atoms with Gasteiger partial charge in [0, 0.05) is 25.7 Å². The predicted molar refractivity (Wildman–Crippen MR) is 80.1 cm³/mol. The van der Waals surface area contributed by atoms with E-state index in [4.69, 9.17) is 16.3 Å². The van der Waals surface area contributed by atoms with Crippen molar-refractivity contribution in [1.29, 1.82) is 0 Å². The maximum absolute atomic E-state index is 11.7. The van der Waals surface area contributed by atoms with Crippen molar-refractivity contribution in [2.75, 3.05) is 13.1 Å². The van der Waals surface area contributed by atoms with Crippen LogP contribution in [0.3, 0.4) is 0 Å². The minimum atomic E-state index is -0.471. The van der Waals surface area contributed by atoms with Crippen LogP contribution >= 0.6 is 11.6 Å². The summed E-state index contributed by atoms with van der Waals surface area (Å²) in [6.07, 6.45) is 0.543. The van der Waals surface area contributed by atoms with Crippen molar-refractivity contribution in [1.82, 2.24) is 20.4 Å². The molecule has 2 rings (SSSR count). The number of ether oxygens (including phenoxy) is 1. The Labute approximate surface area is 129 Å². The van der Waals surface area contributed by atoms with E-state index in [9.17, 15) is 4.79 Å². The molecule has 6 nitrogen and oxygen atoms in total. The first-order chi connectivity index (χ1) is 9.82. The lowest BCUT2D eigenvalue weighted by Crippen LogP contribution is -2.40. The van der Waals surface area contributed by atoms with Crippen LogP contribution in [0.5, 0.6) is 0 Å². The number of hydrogen-bond donors (Lipinski definition) is 1. The molecule has 0 aliphatic carbocycles. The van der Waals surface area contributed by atoms with E-state index in [1.165, 1.54) is 0 Å². The molecule has 1 N–H and O–H groups in total. The van der Waals surface area contributed by atoms with Crippen LogP contribution in [0.1, 0.15) is 32.9 Å². The zero-order chi connectivity index (χ0) is 15.5. The third-order valence-corrected chi connectivity index (χ3v) is 3.27. The standard InChI is InChI=1S/C14H21ClN4O2/c1-14(2,3)21-13(20)16-10-6-7-19(8-10)9-11-4-5-12(15)18-17-11/h4-5,10H,6-9H2,1-3H3,(H,16,20)/t10-/m0/s1. The SMILES string of the molecule is CC(C)(C)OC(=O)N[C@H]1CCN(Cc2ccc(Cl)nn2)C1. The summed E-state index contributed by atoms with van der Waals surface area (Å²) in [6.45, 7) is 7.96. The zero-order valence-corrected chi connectivity index (χ0v) is 13.4. The summed E-state index contributed by atoms with van der Waals surface area (Å²) in [4.78, 5) is 14.0. The molecule has 1 saturated heterocycles. The van der Waals surface area contributed by atoms with Crippen LogP contribution in [0.2, 0.25) is 5.15 Å². The molecule has 0 radical (unpaired) electrons. The highest BCUT2D eigenvalue weighted by molar-refractivity contribution is 6.29. The second-order valence-electron chi connectivity index (χ2n) is 6.21. The number of amides is 1. The smallest absolute Gasteiger partial charge is 0.407 e. The second kappa shape index (κ2) is 6.58. The van der Waals surface area contributed by atoms with Crippen molar-refractivity contribution >= 4 is 17.7 Å². The molecule has 0 bridgehead atoms. The number of nitrogens with zero attached hydrogens (tertiary/aromatic N) is 3. The van der Waals surface area contributed by atoms with Crippen LogP contribution in [-0.2, 0) is 11.3 Å². The minimum absolute atomic E-state index is 0.111. The molecule has 1 aliphatic heterocycles. The molecule has 1 fully saturated rings. The fourth-order valence-electron chi connectivity index (χ4n) is 2.23. The van der Waals surface area contributed by atoms with Gasteiger partial charge in [0.15, 0.2) is 5.15 Å². The highest BCUT2D eigenvalue weighted by atomic mass is 35.5. The highest BCUT2D eigenvalue weighted by Crippen LogP contribution is 2.14. The number of aromatic nitrogens is 2. The summed E-state index contributed by atoms with van der Waals surface area (Å²) in [5.74, 6) is 0. The molecule has 0 saturated carbocycles. The zero-order valence-electron chi connectivity index (χ0n) is 12.6. The lowest BCUT2D eigenvalue weighted by Gasteiger charge is -2.22. The van der Waals surface area contributed by atoms with E-state index in [0.717, 1.165) is 25.2 Å². The topological polar surface area (TPSA) is 67.3 Å². The Kier molecular flexibility index (Phi) is 5.00. The van der Waals surface area contributed by atoms with Crippen molar-refractivity contribution in [2.45, 2.75) is 45.4 Å². The molecule has 1 aliphatic rings. The summed E-state index contributed by atoms with van der Waals surface area (Å²) in [5.41, 5.74) is 0.402. The fourth-order valence-corrected chi connectivity index (χ4v) is 2.33. The van der Waals surface area contributed by atoms with Crippen LogP contribution in [0.15, 0.2) is 12.1 Å². The minimum Gasteiger partial charge on any atom is -0.444 e. The second-order valence-corrected chi connectivity index (χ2v) is 6.60. The van der Waals surface area contributed by atoms with Gasteiger partial charge in [0.1, 0.15) is 5.60 Å². The lowest BCUT2D eigenvalue weighted by atomic mass is 10.2. The molecule has 1 atom stereocenters. The molecule has 116 valence electrons. The number of nitrogens with one attached hydrogen (secondary N) is 1. The van der Waals surface area contributed by atoms with Gasteiger partial charge in [-0.15, -0.1) is 5.10 Å². The number of carbonyl (C=O) groups is 1. The Balaban J connectivity index is 1.78. The Morgan fingerprint density at radius 1 is 1.48 bits per heavy atom. The highest BCUT2D eigenvalue weighted by Gasteiger charge is 2.26. The first-order valence-corrected chi connectivity index (χ1v) is 7.39. The van der Waals surface area contributed by atoms with Crippen LogP contribution in [0.4, 0.5) is 4.79 Å². The van der Waals surface area contributed by atoms with Crippen LogP contribution in [-0.4, -0.2) is 45.9 Å². The van der Waals surface area contributed by atoms with Gasteiger partial charge >= 0.3 is 6.09 Å². The summed E-state index contributed by atoms with van der Waals surface area (Å²) in [5, 5.41) is 11.2. The quantitative estimate of drug-likeness (QED) is 0.927. The van der Waals surface area contributed by atoms with Gasteiger partial charge in [-0.1, -0.05) is 11.6 Å². The first-order valence-electron chi connectivity index (χ1n) is 7.02. The van der Waals surface area contributed by atoms with Gasteiger partial charge in [0.05, 0.1) is 5.69 Å². The van der Waals surface area contributed by atoms with E-state index in [2.05, 4.69) is 20.4 Å². The molecule has 0 unspecified atom stereocenters.